The van der Waals surface area contributed by atoms with Crippen LogP contribution in [-0.4, -0.2) is 36.8 Å². The molecule has 0 spiro atoms. The molecule has 1 N–H and O–H groups in total. The van der Waals surface area contributed by atoms with Crippen LogP contribution in [0.5, 0.6) is 0 Å². The van der Waals surface area contributed by atoms with E-state index in [2.05, 4.69) is 17.2 Å². The molecule has 7 nitrogen and oxygen atoms in total. The Hall–Kier alpha value is -2.35. The van der Waals surface area contributed by atoms with E-state index in [4.69, 9.17) is 0 Å². The second-order valence-corrected chi connectivity index (χ2v) is 8.25. The number of hydrogen-bond donors (Lipinski definition) is 1. The number of benzene rings is 1. The topological polar surface area (TPSA) is 84.3 Å². The molecule has 0 saturated carbocycles. The molecule has 0 radical (unpaired) electrons. The minimum absolute atomic E-state index is 0.214. The molecule has 1 aliphatic heterocycles. The van der Waals surface area contributed by atoms with Gasteiger partial charge in [0.05, 0.1) is 0 Å². The van der Waals surface area contributed by atoms with Crippen LogP contribution in [0, 0.1) is 0 Å². The Balaban J connectivity index is 2.13. The molecule has 0 aliphatic carbocycles. The van der Waals surface area contributed by atoms with E-state index in [1.807, 2.05) is 0 Å². The number of carbonyl (C=O) groups is 1. The van der Waals surface area contributed by atoms with Crippen LogP contribution < -0.4 is 9.62 Å². The fraction of sp³-hybridized carbons (Fsp3) is 0.444. The third-order valence-electron chi connectivity index (χ3n) is 4.59. The molecule has 0 amide bonds. The first kappa shape index (κ1) is 18.4. The van der Waals surface area contributed by atoms with E-state index in [0.717, 1.165) is 19.4 Å². The fourth-order valence-electron chi connectivity index (χ4n) is 3.26. The number of imidazole rings is 1. The monoisotopic (exact) mass is 376 g/mol. The summed E-state index contributed by atoms with van der Waals surface area (Å²) in [5.41, 5.74) is 0.804. The highest BCUT2D eigenvalue weighted by Crippen LogP contribution is 2.40. The van der Waals surface area contributed by atoms with E-state index in [-0.39, 0.29) is 12.4 Å². The second kappa shape index (κ2) is 7.11. The van der Waals surface area contributed by atoms with Crippen molar-refractivity contribution in [3.05, 3.63) is 41.6 Å². The lowest BCUT2D eigenvalue weighted by atomic mass is 10.1. The third kappa shape index (κ3) is 2.88. The van der Waals surface area contributed by atoms with Gasteiger partial charge in [-0.3, -0.25) is 9.10 Å². The van der Waals surface area contributed by atoms with E-state index in [9.17, 15) is 13.2 Å². The van der Waals surface area contributed by atoms with Crippen LogP contribution in [0.15, 0.2) is 30.3 Å². The second-order valence-electron chi connectivity index (χ2n) is 6.31. The molecule has 0 fully saturated rings. The first-order chi connectivity index (χ1) is 12.4. The molecule has 3 rings (SSSR count). The molecule has 8 heteroatoms. The van der Waals surface area contributed by atoms with Gasteiger partial charge in [0.2, 0.25) is 11.7 Å². The van der Waals surface area contributed by atoms with Gasteiger partial charge >= 0.3 is 0 Å². The SMILES string of the molecule is CCCCNc1nc2c(n1C)C(=O)C(c1ccccc1)S(=O)(=O)N2CC. The van der Waals surface area contributed by atoms with E-state index in [1.54, 1.807) is 48.9 Å². The molecule has 140 valence electrons. The van der Waals surface area contributed by atoms with Crippen molar-refractivity contribution in [2.45, 2.75) is 31.9 Å². The zero-order chi connectivity index (χ0) is 18.9. The average molecular weight is 376 g/mol. The third-order valence-corrected chi connectivity index (χ3v) is 6.72. The summed E-state index contributed by atoms with van der Waals surface area (Å²) >= 11 is 0. The number of rotatable bonds is 6. The van der Waals surface area contributed by atoms with Gasteiger partial charge in [-0.2, -0.15) is 4.98 Å². The van der Waals surface area contributed by atoms with Crippen LogP contribution in [-0.2, 0) is 17.1 Å². The van der Waals surface area contributed by atoms with Gasteiger partial charge in [0, 0.05) is 20.1 Å². The Morgan fingerprint density at radius 3 is 2.50 bits per heavy atom. The van der Waals surface area contributed by atoms with Crippen LogP contribution in [0.4, 0.5) is 11.8 Å². The van der Waals surface area contributed by atoms with Crippen LogP contribution in [0.25, 0.3) is 0 Å². The zero-order valence-corrected chi connectivity index (χ0v) is 16.1. The summed E-state index contributed by atoms with van der Waals surface area (Å²) in [6.45, 7) is 4.77. The predicted molar refractivity (Wildman–Crippen MR) is 102 cm³/mol. The first-order valence-corrected chi connectivity index (χ1v) is 10.3. The molecular formula is C18H24N4O3S. The number of fused-ring (bicyclic) bond motifs is 1. The Bertz CT molecular complexity index is 906. The molecule has 1 aliphatic rings. The number of anilines is 2. The van der Waals surface area contributed by atoms with Gasteiger partial charge in [-0.15, -0.1) is 0 Å². The molecule has 1 unspecified atom stereocenters. The maximum Gasteiger partial charge on any atom is 0.251 e. The maximum atomic E-state index is 13.2. The summed E-state index contributed by atoms with van der Waals surface area (Å²) in [5.74, 6) is 0.291. The van der Waals surface area contributed by atoms with Crippen LogP contribution in [0.3, 0.4) is 0 Å². The first-order valence-electron chi connectivity index (χ1n) is 8.84. The van der Waals surface area contributed by atoms with Gasteiger partial charge in [0.25, 0.3) is 10.0 Å². The number of carbonyl (C=O) groups excluding carboxylic acids is 1. The average Bonchev–Trinajstić information content (AvgIpc) is 2.92. The van der Waals surface area contributed by atoms with Gasteiger partial charge in [0.1, 0.15) is 5.69 Å². The fourth-order valence-corrected chi connectivity index (χ4v) is 5.12. The number of hydrogen-bond acceptors (Lipinski definition) is 5. The predicted octanol–water partition coefficient (Wildman–Crippen LogP) is 2.73. The normalized spacial score (nSPS) is 18.7. The van der Waals surface area contributed by atoms with E-state index < -0.39 is 21.1 Å². The van der Waals surface area contributed by atoms with Gasteiger partial charge in [-0.05, 0) is 18.9 Å². The minimum atomic E-state index is -3.88. The molecule has 0 saturated heterocycles. The molecular weight excluding hydrogens is 352 g/mol. The van der Waals surface area contributed by atoms with Crippen molar-refractivity contribution in [3.8, 4) is 0 Å². The molecule has 1 aromatic carbocycles. The standard InChI is InChI=1S/C18H24N4O3S/c1-4-6-12-19-18-20-17-14(21(18)3)15(23)16(13-10-8-7-9-11-13)26(24,25)22(17)5-2/h7-11,16H,4-6,12H2,1-3H3,(H,19,20). The van der Waals surface area contributed by atoms with Crippen molar-refractivity contribution in [2.24, 2.45) is 7.05 Å². The number of ketones is 1. The summed E-state index contributed by atoms with van der Waals surface area (Å²) in [5, 5.41) is 1.96. The molecule has 2 heterocycles. The summed E-state index contributed by atoms with van der Waals surface area (Å²) in [6.07, 6.45) is 2.00. The summed E-state index contributed by atoms with van der Waals surface area (Å²) in [7, 11) is -2.14. The summed E-state index contributed by atoms with van der Waals surface area (Å²) in [6, 6.07) is 8.63. The number of aromatic nitrogens is 2. The van der Waals surface area contributed by atoms with Crippen molar-refractivity contribution in [3.63, 3.8) is 0 Å². The Morgan fingerprint density at radius 2 is 1.88 bits per heavy atom. The summed E-state index contributed by atoms with van der Waals surface area (Å²) < 4.78 is 29.2. The van der Waals surface area contributed by atoms with E-state index in [1.165, 1.54) is 4.31 Å². The van der Waals surface area contributed by atoms with Crippen molar-refractivity contribution in [1.29, 1.82) is 0 Å². The van der Waals surface area contributed by atoms with Crippen LogP contribution in [0.2, 0.25) is 0 Å². The van der Waals surface area contributed by atoms with E-state index >= 15 is 0 Å². The summed E-state index contributed by atoms with van der Waals surface area (Å²) in [4.78, 5) is 17.6. The highest BCUT2D eigenvalue weighted by Gasteiger charge is 2.48. The van der Waals surface area contributed by atoms with Crippen molar-refractivity contribution >= 4 is 27.6 Å². The molecule has 0 bridgehead atoms. The van der Waals surface area contributed by atoms with Crippen molar-refractivity contribution in [2.75, 3.05) is 22.7 Å². The Kier molecular flexibility index (Phi) is 5.04. The largest absolute Gasteiger partial charge is 0.356 e. The lowest BCUT2D eigenvalue weighted by molar-refractivity contribution is 0.0977. The highest BCUT2D eigenvalue weighted by atomic mass is 32.2. The molecule has 1 aromatic heterocycles. The number of sulfonamides is 1. The number of nitrogens with zero attached hydrogens (tertiary/aromatic N) is 3. The quantitative estimate of drug-likeness (QED) is 0.784. The van der Waals surface area contributed by atoms with Crippen LogP contribution >= 0.6 is 0 Å². The number of unbranched alkanes of at least 4 members (excludes halogenated alkanes) is 1. The molecule has 26 heavy (non-hydrogen) atoms. The van der Waals surface area contributed by atoms with E-state index in [0.29, 0.717) is 17.2 Å². The lowest BCUT2D eigenvalue weighted by Crippen LogP contribution is -2.43. The van der Waals surface area contributed by atoms with Crippen molar-refractivity contribution in [1.82, 2.24) is 9.55 Å². The van der Waals surface area contributed by atoms with Gasteiger partial charge in [0.15, 0.2) is 11.1 Å². The lowest BCUT2D eigenvalue weighted by Gasteiger charge is -2.31. The van der Waals surface area contributed by atoms with Gasteiger partial charge in [-0.25, -0.2) is 8.42 Å². The van der Waals surface area contributed by atoms with Crippen molar-refractivity contribution < 1.29 is 13.2 Å². The zero-order valence-electron chi connectivity index (χ0n) is 15.3. The van der Waals surface area contributed by atoms with Gasteiger partial charge < -0.3 is 9.88 Å². The van der Waals surface area contributed by atoms with Gasteiger partial charge in [-0.1, -0.05) is 43.7 Å². The minimum Gasteiger partial charge on any atom is -0.356 e. The number of nitrogens with one attached hydrogen (secondary N) is 1. The Morgan fingerprint density at radius 1 is 1.19 bits per heavy atom. The smallest absolute Gasteiger partial charge is 0.251 e. The highest BCUT2D eigenvalue weighted by molar-refractivity contribution is 7.94. The maximum absolute atomic E-state index is 13.2. The Labute approximate surface area is 154 Å². The van der Waals surface area contributed by atoms with Crippen LogP contribution in [0.1, 0.15) is 48.0 Å². The molecule has 1 atom stereocenters. The number of Topliss-reactive ketones (excluding diaryl/α,β-unsaturated/α-hetero) is 1. The molecule has 2 aromatic rings.